The molecule has 140 valence electrons. The Balaban J connectivity index is 1.57. The van der Waals surface area contributed by atoms with E-state index in [1.807, 2.05) is 0 Å². The Labute approximate surface area is 151 Å². The first-order valence-electron chi connectivity index (χ1n) is 10.2. The van der Waals surface area contributed by atoms with Crippen LogP contribution in [-0.4, -0.2) is 6.61 Å². The Bertz CT molecular complexity index is 571. The topological polar surface area (TPSA) is 9.23 Å². The molecule has 0 aromatic heterocycles. The van der Waals surface area contributed by atoms with Gasteiger partial charge in [0.15, 0.2) is 11.6 Å². The van der Waals surface area contributed by atoms with E-state index < -0.39 is 11.6 Å². The van der Waals surface area contributed by atoms with Crippen molar-refractivity contribution in [2.24, 2.45) is 23.7 Å². The quantitative estimate of drug-likeness (QED) is 0.517. The lowest BCUT2D eigenvalue weighted by molar-refractivity contribution is 0.291. The van der Waals surface area contributed by atoms with Gasteiger partial charge in [0.2, 0.25) is 5.82 Å². The third-order valence-corrected chi connectivity index (χ3v) is 6.64. The molecule has 4 atom stereocenters. The molecule has 0 heterocycles. The van der Waals surface area contributed by atoms with Gasteiger partial charge >= 0.3 is 0 Å². The van der Waals surface area contributed by atoms with Crippen molar-refractivity contribution in [1.82, 2.24) is 0 Å². The molecule has 3 heteroatoms. The summed E-state index contributed by atoms with van der Waals surface area (Å²) in [6.45, 7) is 4.39. The van der Waals surface area contributed by atoms with Crippen molar-refractivity contribution in [2.45, 2.75) is 71.6 Å². The van der Waals surface area contributed by atoms with Gasteiger partial charge in [0.1, 0.15) is 0 Å². The average Bonchev–Trinajstić information content (AvgIpc) is 3.19. The number of rotatable bonds is 8. The van der Waals surface area contributed by atoms with Crippen LogP contribution in [0.1, 0.15) is 70.8 Å². The van der Waals surface area contributed by atoms with Crippen molar-refractivity contribution in [3.63, 3.8) is 0 Å². The maximum absolute atomic E-state index is 14.3. The lowest BCUT2D eigenvalue weighted by Crippen LogP contribution is -2.14. The highest BCUT2D eigenvalue weighted by molar-refractivity contribution is 5.31. The first-order valence-corrected chi connectivity index (χ1v) is 10.2. The second-order valence-corrected chi connectivity index (χ2v) is 7.97. The summed E-state index contributed by atoms with van der Waals surface area (Å²) < 4.78 is 33.4. The minimum Gasteiger partial charge on any atom is -0.491 e. The maximum atomic E-state index is 14.3. The molecule has 3 rings (SSSR count). The Hall–Kier alpha value is -1.12. The Kier molecular flexibility index (Phi) is 6.35. The lowest BCUT2D eigenvalue weighted by Gasteiger charge is -2.21. The van der Waals surface area contributed by atoms with Gasteiger partial charge in [-0.1, -0.05) is 32.3 Å². The third-order valence-electron chi connectivity index (χ3n) is 6.64. The molecule has 0 N–H and O–H groups in total. The summed E-state index contributed by atoms with van der Waals surface area (Å²) in [6, 6.07) is 3.28. The van der Waals surface area contributed by atoms with Crippen LogP contribution in [0.2, 0.25) is 0 Å². The van der Waals surface area contributed by atoms with Gasteiger partial charge in [0, 0.05) is 0 Å². The van der Waals surface area contributed by atoms with Crippen molar-refractivity contribution >= 4 is 0 Å². The Morgan fingerprint density at radius 2 is 1.60 bits per heavy atom. The molecule has 2 aliphatic rings. The van der Waals surface area contributed by atoms with Gasteiger partial charge in [-0.15, -0.1) is 0 Å². The van der Waals surface area contributed by atoms with E-state index in [-0.39, 0.29) is 5.75 Å². The highest BCUT2D eigenvalue weighted by Crippen LogP contribution is 2.53. The number of aryl methyl sites for hydroxylation is 1. The second kappa shape index (κ2) is 8.51. The van der Waals surface area contributed by atoms with Crippen molar-refractivity contribution in [1.29, 1.82) is 0 Å². The molecule has 0 bridgehead atoms. The van der Waals surface area contributed by atoms with Gasteiger partial charge in [-0.25, -0.2) is 4.39 Å². The van der Waals surface area contributed by atoms with Crippen LogP contribution in [0.5, 0.6) is 5.75 Å². The number of hydrogen-bond acceptors (Lipinski definition) is 1. The van der Waals surface area contributed by atoms with Gasteiger partial charge in [-0.05, 0) is 80.8 Å². The van der Waals surface area contributed by atoms with Gasteiger partial charge in [0.05, 0.1) is 6.61 Å². The van der Waals surface area contributed by atoms with Crippen LogP contribution in [-0.2, 0) is 6.42 Å². The van der Waals surface area contributed by atoms with E-state index in [4.69, 9.17) is 4.74 Å². The number of ether oxygens (including phenoxy) is 1. The van der Waals surface area contributed by atoms with E-state index in [9.17, 15) is 8.78 Å². The zero-order valence-electron chi connectivity index (χ0n) is 15.7. The van der Waals surface area contributed by atoms with Crippen LogP contribution in [0, 0.1) is 35.3 Å². The van der Waals surface area contributed by atoms with Crippen molar-refractivity contribution in [3.05, 3.63) is 29.3 Å². The van der Waals surface area contributed by atoms with Crippen molar-refractivity contribution < 1.29 is 13.5 Å². The zero-order chi connectivity index (χ0) is 17.8. The second-order valence-electron chi connectivity index (χ2n) is 7.97. The molecule has 0 radical (unpaired) electrons. The van der Waals surface area contributed by atoms with Gasteiger partial charge in [-0.2, -0.15) is 4.39 Å². The molecule has 2 saturated carbocycles. The van der Waals surface area contributed by atoms with E-state index in [1.165, 1.54) is 44.9 Å². The summed E-state index contributed by atoms with van der Waals surface area (Å²) in [4.78, 5) is 0. The van der Waals surface area contributed by atoms with Crippen LogP contribution in [0.15, 0.2) is 12.1 Å². The summed E-state index contributed by atoms with van der Waals surface area (Å²) in [5.41, 5.74) is 0.505. The van der Waals surface area contributed by atoms with Gasteiger partial charge in [0.25, 0.3) is 0 Å². The number of hydrogen-bond donors (Lipinski definition) is 0. The molecule has 0 saturated heterocycles. The molecule has 2 fully saturated rings. The lowest BCUT2D eigenvalue weighted by atomic mass is 9.84. The van der Waals surface area contributed by atoms with Crippen LogP contribution >= 0.6 is 0 Å². The summed E-state index contributed by atoms with van der Waals surface area (Å²) in [5, 5.41) is 0. The fourth-order valence-electron chi connectivity index (χ4n) is 5.40. The van der Waals surface area contributed by atoms with Crippen LogP contribution in [0.4, 0.5) is 8.78 Å². The largest absolute Gasteiger partial charge is 0.491 e. The van der Waals surface area contributed by atoms with E-state index >= 15 is 0 Å². The molecule has 2 aliphatic carbocycles. The molecule has 0 spiro atoms. The summed E-state index contributed by atoms with van der Waals surface area (Å²) in [5.74, 6) is 1.84. The molecular weight excluding hydrogens is 318 g/mol. The molecule has 1 nitrogen and oxygen atoms in total. The highest BCUT2D eigenvalue weighted by atomic mass is 19.2. The minimum absolute atomic E-state index is 0.0271. The van der Waals surface area contributed by atoms with Crippen molar-refractivity contribution in [3.8, 4) is 5.75 Å². The molecular formula is C22H32F2O. The Morgan fingerprint density at radius 1 is 0.920 bits per heavy atom. The predicted molar refractivity (Wildman–Crippen MR) is 97.8 cm³/mol. The Morgan fingerprint density at radius 3 is 2.24 bits per heavy atom. The third kappa shape index (κ3) is 4.01. The average molecular weight is 350 g/mol. The summed E-state index contributed by atoms with van der Waals surface area (Å²) in [6.07, 6.45) is 11.0. The highest BCUT2D eigenvalue weighted by Gasteiger charge is 2.43. The first kappa shape index (κ1) is 18.7. The van der Waals surface area contributed by atoms with E-state index in [1.54, 1.807) is 19.1 Å². The SMILES string of the molecule is CCCCC1CCC2C(CCc3ccc(OCC)c(F)c3F)CCC12. The van der Waals surface area contributed by atoms with Gasteiger partial charge < -0.3 is 4.74 Å². The maximum Gasteiger partial charge on any atom is 0.200 e. The van der Waals surface area contributed by atoms with E-state index in [2.05, 4.69) is 6.92 Å². The summed E-state index contributed by atoms with van der Waals surface area (Å²) >= 11 is 0. The summed E-state index contributed by atoms with van der Waals surface area (Å²) in [7, 11) is 0. The normalized spacial score (nSPS) is 28.3. The fourth-order valence-corrected chi connectivity index (χ4v) is 5.40. The zero-order valence-corrected chi connectivity index (χ0v) is 15.7. The molecule has 1 aromatic rings. The molecule has 0 aliphatic heterocycles. The molecule has 25 heavy (non-hydrogen) atoms. The van der Waals surface area contributed by atoms with E-state index in [0.717, 1.165) is 24.2 Å². The predicted octanol–water partition coefficient (Wildman–Crippen LogP) is 6.54. The fraction of sp³-hybridized carbons (Fsp3) is 0.727. The number of halogens is 2. The van der Waals surface area contributed by atoms with Gasteiger partial charge in [-0.3, -0.25) is 0 Å². The van der Waals surface area contributed by atoms with Crippen LogP contribution < -0.4 is 4.74 Å². The minimum atomic E-state index is -0.829. The smallest absolute Gasteiger partial charge is 0.200 e. The number of fused-ring (bicyclic) bond motifs is 1. The monoisotopic (exact) mass is 350 g/mol. The molecule has 4 unspecified atom stereocenters. The standard InChI is InChI=1S/C22H32F2O/c1-3-5-6-15-9-12-19-16(10-13-18(15)19)7-8-17-11-14-20(25-4-2)22(24)21(17)23/h11,14-16,18-19H,3-10,12-13H2,1-2H3. The van der Waals surface area contributed by atoms with Crippen LogP contribution in [0.25, 0.3) is 0 Å². The molecule has 1 aromatic carbocycles. The van der Waals surface area contributed by atoms with Crippen molar-refractivity contribution in [2.75, 3.05) is 6.61 Å². The van der Waals surface area contributed by atoms with Crippen LogP contribution in [0.3, 0.4) is 0 Å². The first-order chi connectivity index (χ1) is 12.2. The number of benzene rings is 1. The number of unbranched alkanes of at least 4 members (excludes halogenated alkanes) is 1. The molecule has 0 amide bonds. The van der Waals surface area contributed by atoms with E-state index in [0.29, 0.717) is 24.5 Å².